The average Bonchev–Trinajstić information content (AvgIpc) is 3.14. The third kappa shape index (κ3) is 2.51. The van der Waals surface area contributed by atoms with Gasteiger partial charge in [0, 0.05) is 16.5 Å². The monoisotopic (exact) mass is 334 g/mol. The molecule has 0 spiro atoms. The van der Waals surface area contributed by atoms with Crippen LogP contribution in [0.5, 0.6) is 0 Å². The minimum absolute atomic E-state index is 0.384. The second kappa shape index (κ2) is 5.66. The van der Waals surface area contributed by atoms with Crippen LogP contribution < -0.4 is 5.32 Å². The van der Waals surface area contributed by atoms with Crippen LogP contribution in [0.25, 0.3) is 11.3 Å². The number of cyclic esters (lactones) is 1. The fraction of sp³-hybridized carbons (Fsp3) is 0.158. The third-order valence-corrected chi connectivity index (χ3v) is 4.73. The summed E-state index contributed by atoms with van der Waals surface area (Å²) >= 11 is 1.49. The van der Waals surface area contributed by atoms with E-state index in [9.17, 15) is 4.79 Å². The molecule has 0 saturated heterocycles. The topological polar surface area (TPSA) is 51.2 Å². The number of hydrogen-bond acceptors (Lipinski definition) is 5. The number of nitrogens with zero attached hydrogens (tertiary/aromatic N) is 1. The fourth-order valence-corrected chi connectivity index (χ4v) is 3.53. The molecule has 0 unspecified atom stereocenters. The molecule has 1 aliphatic heterocycles. The standard InChI is InChI=1S/C19H14N2O2S/c1-11-7-8-13(12(2)9-11)16-10-24-19(20-16)21-17-14-5-3-4-6-15(14)18(22)23-17/h3,5,7-10,17H,1-2H3,(H,20,21)/t17-/m0/s1. The fourth-order valence-electron chi connectivity index (χ4n) is 2.80. The summed E-state index contributed by atoms with van der Waals surface area (Å²) in [7, 11) is 0. The Hall–Kier alpha value is -2.84. The molecule has 0 saturated carbocycles. The van der Waals surface area contributed by atoms with E-state index >= 15 is 0 Å². The maximum atomic E-state index is 11.8. The van der Waals surface area contributed by atoms with Gasteiger partial charge in [0.2, 0.25) is 6.23 Å². The lowest BCUT2D eigenvalue weighted by Gasteiger charge is -2.11. The van der Waals surface area contributed by atoms with Crippen molar-refractivity contribution in [1.82, 2.24) is 4.98 Å². The van der Waals surface area contributed by atoms with Gasteiger partial charge >= 0.3 is 5.97 Å². The molecule has 5 heteroatoms. The molecule has 24 heavy (non-hydrogen) atoms. The summed E-state index contributed by atoms with van der Waals surface area (Å²) < 4.78 is 5.36. The van der Waals surface area contributed by atoms with E-state index in [1.54, 1.807) is 6.07 Å². The molecule has 118 valence electrons. The molecule has 4 rings (SSSR count). The first-order chi connectivity index (χ1) is 11.6. The lowest BCUT2D eigenvalue weighted by atomic mass is 10.0. The van der Waals surface area contributed by atoms with Crippen molar-refractivity contribution in [2.24, 2.45) is 0 Å². The molecule has 0 aliphatic carbocycles. The van der Waals surface area contributed by atoms with Crippen LogP contribution in [0.4, 0.5) is 5.13 Å². The molecule has 1 N–H and O–H groups in total. The highest BCUT2D eigenvalue weighted by atomic mass is 32.1. The zero-order valence-electron chi connectivity index (χ0n) is 13.2. The van der Waals surface area contributed by atoms with Crippen LogP contribution in [0.1, 0.15) is 33.3 Å². The highest BCUT2D eigenvalue weighted by molar-refractivity contribution is 7.14. The first kappa shape index (κ1) is 14.7. The van der Waals surface area contributed by atoms with Gasteiger partial charge in [-0.2, -0.15) is 0 Å². The zero-order chi connectivity index (χ0) is 16.7. The average molecular weight is 334 g/mol. The zero-order valence-corrected chi connectivity index (χ0v) is 14.0. The molecule has 3 aromatic rings. The summed E-state index contributed by atoms with van der Waals surface area (Å²) in [5.41, 5.74) is 5.64. The van der Waals surface area contributed by atoms with Crippen molar-refractivity contribution in [3.8, 4) is 11.3 Å². The third-order valence-electron chi connectivity index (χ3n) is 3.96. The SMILES string of the molecule is Cc1ccc(-c2csc(N[C@H]3OC(=O)c4c#cccc43)n2)c(C)c1. The maximum Gasteiger partial charge on any atom is 0.349 e. The van der Waals surface area contributed by atoms with Crippen LogP contribution in [0, 0.1) is 26.0 Å². The van der Waals surface area contributed by atoms with E-state index in [2.05, 4.69) is 54.5 Å². The van der Waals surface area contributed by atoms with E-state index in [0.29, 0.717) is 10.7 Å². The number of aryl methyl sites for hydroxylation is 2. The molecule has 1 aliphatic rings. The van der Waals surface area contributed by atoms with Crippen molar-refractivity contribution < 1.29 is 9.53 Å². The Morgan fingerprint density at radius 3 is 3.00 bits per heavy atom. The van der Waals surface area contributed by atoms with Gasteiger partial charge in [-0.3, -0.25) is 0 Å². The van der Waals surface area contributed by atoms with Crippen molar-refractivity contribution in [2.75, 3.05) is 5.32 Å². The van der Waals surface area contributed by atoms with Gasteiger partial charge in [-0.05, 0) is 31.5 Å². The summed E-state index contributed by atoms with van der Waals surface area (Å²) in [5.74, 6) is -0.384. The second-order valence-corrected chi connectivity index (χ2v) is 6.58. The number of hydrogen-bond donors (Lipinski definition) is 1. The van der Waals surface area contributed by atoms with Crippen molar-refractivity contribution in [3.05, 3.63) is 70.1 Å². The number of rotatable bonds is 3. The van der Waals surface area contributed by atoms with E-state index < -0.39 is 6.23 Å². The summed E-state index contributed by atoms with van der Waals surface area (Å²) in [6.07, 6.45) is -0.531. The van der Waals surface area contributed by atoms with E-state index in [1.165, 1.54) is 22.5 Å². The van der Waals surface area contributed by atoms with Crippen LogP contribution in [-0.4, -0.2) is 11.0 Å². The van der Waals surface area contributed by atoms with Gasteiger partial charge < -0.3 is 10.1 Å². The normalized spacial score (nSPS) is 15.6. The van der Waals surface area contributed by atoms with Gasteiger partial charge in [0.25, 0.3) is 0 Å². The van der Waals surface area contributed by atoms with Gasteiger partial charge in [0.05, 0.1) is 5.69 Å². The van der Waals surface area contributed by atoms with E-state index in [0.717, 1.165) is 16.8 Å². The minimum atomic E-state index is -0.531. The lowest BCUT2D eigenvalue weighted by molar-refractivity contribution is 0.0437. The quantitative estimate of drug-likeness (QED) is 0.725. The predicted octanol–water partition coefficient (Wildman–Crippen LogP) is 4.31. The smallest absolute Gasteiger partial charge is 0.349 e. The van der Waals surface area contributed by atoms with Gasteiger partial charge in [-0.25, -0.2) is 9.78 Å². The second-order valence-electron chi connectivity index (χ2n) is 5.72. The Balaban J connectivity index is 1.60. The Morgan fingerprint density at radius 1 is 1.29 bits per heavy atom. The van der Waals surface area contributed by atoms with E-state index in [1.807, 2.05) is 11.4 Å². The summed E-state index contributed by atoms with van der Waals surface area (Å²) in [6.45, 7) is 4.15. The highest BCUT2D eigenvalue weighted by Gasteiger charge is 2.31. The molecule has 0 radical (unpaired) electrons. The molecule has 0 amide bonds. The highest BCUT2D eigenvalue weighted by Crippen LogP contribution is 2.33. The Kier molecular flexibility index (Phi) is 3.47. The van der Waals surface area contributed by atoms with Crippen molar-refractivity contribution in [3.63, 3.8) is 0 Å². The van der Waals surface area contributed by atoms with Gasteiger partial charge in [-0.1, -0.05) is 35.9 Å². The van der Waals surface area contributed by atoms with Crippen LogP contribution in [0.3, 0.4) is 0 Å². The van der Waals surface area contributed by atoms with Gasteiger partial charge in [0.1, 0.15) is 5.56 Å². The number of benzene rings is 1. The first-order valence-electron chi connectivity index (χ1n) is 7.55. The number of carbonyl (C=O) groups is 1. The van der Waals surface area contributed by atoms with E-state index in [-0.39, 0.29) is 5.97 Å². The number of esters is 1. The number of aromatic nitrogens is 1. The Labute approximate surface area is 144 Å². The Morgan fingerprint density at radius 2 is 2.17 bits per heavy atom. The molecular weight excluding hydrogens is 320 g/mol. The number of thiazole rings is 1. The summed E-state index contributed by atoms with van der Waals surface area (Å²) in [5, 5.41) is 5.89. The molecule has 2 aromatic carbocycles. The minimum Gasteiger partial charge on any atom is -0.433 e. The molecule has 0 fully saturated rings. The van der Waals surface area contributed by atoms with Crippen LogP contribution in [0.2, 0.25) is 0 Å². The first-order valence-corrected chi connectivity index (χ1v) is 8.43. The number of fused-ring (bicyclic) bond motifs is 1. The molecule has 0 bridgehead atoms. The molecule has 4 nitrogen and oxygen atoms in total. The molecule has 1 aromatic heterocycles. The molecular formula is C19H14N2O2S. The van der Waals surface area contributed by atoms with E-state index in [4.69, 9.17) is 4.74 Å². The van der Waals surface area contributed by atoms with Crippen molar-refractivity contribution in [1.29, 1.82) is 0 Å². The number of ether oxygens (including phenoxy) is 1. The largest absolute Gasteiger partial charge is 0.433 e. The lowest BCUT2D eigenvalue weighted by Crippen LogP contribution is -2.10. The number of carbonyl (C=O) groups excluding carboxylic acids is 1. The maximum absolute atomic E-state index is 11.8. The van der Waals surface area contributed by atoms with Crippen LogP contribution in [0.15, 0.2) is 35.7 Å². The Bertz CT molecular complexity index is 933. The van der Waals surface area contributed by atoms with Gasteiger partial charge in [0.15, 0.2) is 5.13 Å². The van der Waals surface area contributed by atoms with Crippen molar-refractivity contribution >= 4 is 22.4 Å². The summed E-state index contributed by atoms with van der Waals surface area (Å²) in [4.78, 5) is 16.5. The van der Waals surface area contributed by atoms with Gasteiger partial charge in [-0.15, -0.1) is 11.3 Å². The van der Waals surface area contributed by atoms with Crippen molar-refractivity contribution in [2.45, 2.75) is 20.1 Å². The summed E-state index contributed by atoms with van der Waals surface area (Å²) in [6, 6.07) is 15.4. The predicted molar refractivity (Wildman–Crippen MR) is 92.9 cm³/mol. The molecule has 1 atom stereocenters. The number of anilines is 1. The number of nitrogens with one attached hydrogen (secondary N) is 1. The van der Waals surface area contributed by atoms with Crippen LogP contribution in [-0.2, 0) is 4.74 Å². The van der Waals surface area contributed by atoms with Crippen LogP contribution >= 0.6 is 11.3 Å². The molecule has 2 heterocycles.